The molecule has 110 valence electrons. The number of carboxylic acids is 1. The number of esters is 1. The van der Waals surface area contributed by atoms with E-state index in [4.69, 9.17) is 14.6 Å². The van der Waals surface area contributed by atoms with Crippen LogP contribution < -0.4 is 9.47 Å². The minimum absolute atomic E-state index is 0.0288. The minimum Gasteiger partial charge on any atom is -0.494 e. The highest BCUT2D eigenvalue weighted by atomic mass is 32.2. The van der Waals surface area contributed by atoms with Crippen molar-refractivity contribution in [3.63, 3.8) is 0 Å². The quantitative estimate of drug-likeness (QED) is 0.587. The zero-order valence-electron chi connectivity index (χ0n) is 11.5. The average molecular weight is 298 g/mol. The molecule has 0 saturated heterocycles. The number of hydrogen-bond acceptors (Lipinski definition) is 5. The van der Waals surface area contributed by atoms with Crippen molar-refractivity contribution in [2.45, 2.75) is 25.5 Å². The van der Waals surface area contributed by atoms with E-state index in [1.165, 1.54) is 11.8 Å². The van der Waals surface area contributed by atoms with Gasteiger partial charge in [-0.05, 0) is 31.2 Å². The number of rotatable bonds is 8. The van der Waals surface area contributed by atoms with Crippen LogP contribution in [0.2, 0.25) is 0 Å². The Hall–Kier alpha value is -1.69. The number of benzene rings is 1. The molecule has 0 saturated carbocycles. The molecule has 0 spiro atoms. The van der Waals surface area contributed by atoms with E-state index in [-0.39, 0.29) is 17.4 Å². The standard InChI is InChI=1S/C14H18O5S/c1-3-18-11-4-6-12(7-5-11)19-14(17)9-20-10(2)8-13(15)16/h4-7,10H,3,8-9H2,1-2H3,(H,15,16). The first-order valence-electron chi connectivity index (χ1n) is 6.28. The van der Waals surface area contributed by atoms with Crippen LogP contribution in [0.4, 0.5) is 0 Å². The van der Waals surface area contributed by atoms with Gasteiger partial charge in [-0.25, -0.2) is 0 Å². The molecule has 0 bridgehead atoms. The molecule has 5 nitrogen and oxygen atoms in total. The van der Waals surface area contributed by atoms with E-state index in [2.05, 4.69) is 0 Å². The molecule has 0 aliphatic carbocycles. The van der Waals surface area contributed by atoms with Gasteiger partial charge in [0.15, 0.2) is 0 Å². The number of hydrogen-bond donors (Lipinski definition) is 1. The van der Waals surface area contributed by atoms with Gasteiger partial charge in [-0.15, -0.1) is 11.8 Å². The normalized spacial score (nSPS) is 11.7. The van der Waals surface area contributed by atoms with Crippen molar-refractivity contribution in [1.29, 1.82) is 0 Å². The molecule has 0 aliphatic heterocycles. The molecule has 0 heterocycles. The highest BCUT2D eigenvalue weighted by Crippen LogP contribution is 2.19. The molecule has 0 aromatic heterocycles. The maximum absolute atomic E-state index is 11.6. The lowest BCUT2D eigenvalue weighted by Crippen LogP contribution is -2.14. The fourth-order valence-corrected chi connectivity index (χ4v) is 2.19. The Morgan fingerprint density at radius 2 is 1.85 bits per heavy atom. The van der Waals surface area contributed by atoms with Crippen LogP contribution in [0.15, 0.2) is 24.3 Å². The zero-order chi connectivity index (χ0) is 15.0. The van der Waals surface area contributed by atoms with Crippen LogP contribution in [0, 0.1) is 0 Å². The second-order valence-electron chi connectivity index (χ2n) is 4.10. The van der Waals surface area contributed by atoms with E-state index in [9.17, 15) is 9.59 Å². The Balaban J connectivity index is 2.36. The van der Waals surface area contributed by atoms with E-state index < -0.39 is 11.9 Å². The van der Waals surface area contributed by atoms with Gasteiger partial charge in [-0.1, -0.05) is 6.92 Å². The van der Waals surface area contributed by atoms with Crippen LogP contribution in [0.3, 0.4) is 0 Å². The number of ether oxygens (including phenoxy) is 2. The summed E-state index contributed by atoms with van der Waals surface area (Å²) in [5, 5.41) is 8.49. The van der Waals surface area contributed by atoms with Gasteiger partial charge in [0.05, 0.1) is 18.8 Å². The monoisotopic (exact) mass is 298 g/mol. The summed E-state index contributed by atoms with van der Waals surface area (Å²) in [7, 11) is 0. The van der Waals surface area contributed by atoms with Gasteiger partial charge < -0.3 is 14.6 Å². The predicted octanol–water partition coefficient (Wildman–Crippen LogP) is 2.59. The minimum atomic E-state index is -0.870. The number of carbonyl (C=O) groups is 2. The Morgan fingerprint density at radius 3 is 2.40 bits per heavy atom. The van der Waals surface area contributed by atoms with Crippen molar-refractivity contribution < 1.29 is 24.2 Å². The molecular weight excluding hydrogens is 280 g/mol. The van der Waals surface area contributed by atoms with Gasteiger partial charge in [-0.2, -0.15) is 0 Å². The third kappa shape index (κ3) is 6.47. The zero-order valence-corrected chi connectivity index (χ0v) is 12.3. The number of thioether (sulfide) groups is 1. The van der Waals surface area contributed by atoms with Crippen molar-refractivity contribution >= 4 is 23.7 Å². The molecule has 1 rings (SSSR count). The van der Waals surface area contributed by atoms with E-state index >= 15 is 0 Å². The van der Waals surface area contributed by atoms with Gasteiger partial charge in [0.2, 0.25) is 0 Å². The third-order valence-electron chi connectivity index (χ3n) is 2.31. The number of aliphatic carboxylic acids is 1. The van der Waals surface area contributed by atoms with Crippen LogP contribution in [-0.4, -0.2) is 34.7 Å². The van der Waals surface area contributed by atoms with Crippen molar-refractivity contribution in [3.8, 4) is 11.5 Å². The Morgan fingerprint density at radius 1 is 1.25 bits per heavy atom. The van der Waals surface area contributed by atoms with Crippen molar-refractivity contribution in [3.05, 3.63) is 24.3 Å². The molecule has 0 amide bonds. The lowest BCUT2D eigenvalue weighted by molar-refractivity contribution is -0.137. The summed E-state index contributed by atoms with van der Waals surface area (Å²) in [6, 6.07) is 6.78. The van der Waals surface area contributed by atoms with Gasteiger partial charge in [-0.3, -0.25) is 9.59 Å². The van der Waals surface area contributed by atoms with Crippen molar-refractivity contribution in [2.24, 2.45) is 0 Å². The lowest BCUT2D eigenvalue weighted by atomic mass is 10.3. The second kappa shape index (κ2) is 8.47. The highest BCUT2D eigenvalue weighted by Gasteiger charge is 2.12. The van der Waals surface area contributed by atoms with Gasteiger partial charge in [0.25, 0.3) is 0 Å². The molecule has 1 atom stereocenters. The third-order valence-corrected chi connectivity index (χ3v) is 3.45. The molecule has 1 unspecified atom stereocenters. The number of carboxylic acid groups (broad SMARTS) is 1. The fourth-order valence-electron chi connectivity index (χ4n) is 1.45. The molecule has 6 heteroatoms. The van der Waals surface area contributed by atoms with Crippen LogP contribution >= 0.6 is 11.8 Å². The molecular formula is C14H18O5S. The maximum atomic E-state index is 11.6. The highest BCUT2D eigenvalue weighted by molar-refractivity contribution is 8.00. The number of carbonyl (C=O) groups excluding carboxylic acids is 1. The van der Waals surface area contributed by atoms with E-state index in [0.717, 1.165) is 5.75 Å². The molecule has 0 fully saturated rings. The smallest absolute Gasteiger partial charge is 0.321 e. The van der Waals surface area contributed by atoms with E-state index in [1.54, 1.807) is 31.2 Å². The first-order chi connectivity index (χ1) is 9.51. The maximum Gasteiger partial charge on any atom is 0.321 e. The van der Waals surface area contributed by atoms with Gasteiger partial charge >= 0.3 is 11.9 Å². The predicted molar refractivity (Wildman–Crippen MR) is 77.4 cm³/mol. The Labute approximate surface area is 122 Å². The molecule has 20 heavy (non-hydrogen) atoms. The van der Waals surface area contributed by atoms with Crippen LogP contribution in [0.1, 0.15) is 20.3 Å². The van der Waals surface area contributed by atoms with E-state index in [1.807, 2.05) is 6.92 Å². The summed E-state index contributed by atoms with van der Waals surface area (Å²) in [6.07, 6.45) is 0.0288. The van der Waals surface area contributed by atoms with Crippen molar-refractivity contribution in [2.75, 3.05) is 12.4 Å². The molecule has 0 aliphatic rings. The largest absolute Gasteiger partial charge is 0.494 e. The Bertz CT molecular complexity index is 443. The van der Waals surface area contributed by atoms with Crippen LogP contribution in [0.5, 0.6) is 11.5 Å². The fraction of sp³-hybridized carbons (Fsp3) is 0.429. The molecule has 1 N–H and O–H groups in total. The van der Waals surface area contributed by atoms with Gasteiger partial charge in [0, 0.05) is 5.25 Å². The first kappa shape index (κ1) is 16.4. The van der Waals surface area contributed by atoms with Crippen molar-refractivity contribution in [1.82, 2.24) is 0 Å². The first-order valence-corrected chi connectivity index (χ1v) is 7.33. The molecule has 1 aromatic carbocycles. The SMILES string of the molecule is CCOc1ccc(OC(=O)CSC(C)CC(=O)O)cc1. The Kier molecular flexibility index (Phi) is 6.93. The average Bonchev–Trinajstić information content (AvgIpc) is 2.38. The summed E-state index contributed by atoms with van der Waals surface area (Å²) in [6.45, 7) is 4.24. The second-order valence-corrected chi connectivity index (χ2v) is 5.52. The summed E-state index contributed by atoms with van der Waals surface area (Å²) >= 11 is 1.26. The summed E-state index contributed by atoms with van der Waals surface area (Å²) in [4.78, 5) is 22.1. The molecule has 0 radical (unpaired) electrons. The van der Waals surface area contributed by atoms with Crippen LogP contribution in [-0.2, 0) is 9.59 Å². The summed E-state index contributed by atoms with van der Waals surface area (Å²) in [5.74, 6) is 0.0322. The topological polar surface area (TPSA) is 72.8 Å². The van der Waals surface area contributed by atoms with E-state index in [0.29, 0.717) is 12.4 Å². The lowest BCUT2D eigenvalue weighted by Gasteiger charge is -2.09. The van der Waals surface area contributed by atoms with Gasteiger partial charge in [0.1, 0.15) is 11.5 Å². The summed E-state index contributed by atoms with van der Waals surface area (Å²) in [5.41, 5.74) is 0. The van der Waals surface area contributed by atoms with Crippen LogP contribution in [0.25, 0.3) is 0 Å². The summed E-state index contributed by atoms with van der Waals surface area (Å²) < 4.78 is 10.4. The molecule has 1 aromatic rings.